The van der Waals surface area contributed by atoms with E-state index in [0.29, 0.717) is 17.9 Å². The predicted octanol–water partition coefficient (Wildman–Crippen LogP) is 4.00. The summed E-state index contributed by atoms with van der Waals surface area (Å²) in [5.41, 5.74) is -0.00949. The Labute approximate surface area is 194 Å². The van der Waals surface area contributed by atoms with Crippen molar-refractivity contribution in [3.05, 3.63) is 48.4 Å². The minimum absolute atomic E-state index is 0.181. The van der Waals surface area contributed by atoms with Gasteiger partial charge in [0.25, 0.3) is 0 Å². The minimum Gasteiger partial charge on any atom is -0.479 e. The number of carbonyl (C=O) groups excluding carboxylic acids is 2. The van der Waals surface area contributed by atoms with Crippen LogP contribution in [0.15, 0.2) is 42.9 Å². The summed E-state index contributed by atoms with van der Waals surface area (Å²) in [6.45, 7) is 5.44. The fourth-order valence-electron chi connectivity index (χ4n) is 4.20. The molecule has 2 unspecified atom stereocenters. The van der Waals surface area contributed by atoms with Crippen molar-refractivity contribution >= 4 is 23.6 Å². The van der Waals surface area contributed by atoms with Gasteiger partial charge in [-0.2, -0.15) is 0 Å². The monoisotopic (exact) mass is 454 g/mol. The number of imidazole rings is 1. The van der Waals surface area contributed by atoms with E-state index >= 15 is 0 Å². The first-order chi connectivity index (χ1) is 15.6. The lowest BCUT2D eigenvalue weighted by Crippen LogP contribution is -2.48. The van der Waals surface area contributed by atoms with Crippen molar-refractivity contribution in [2.75, 3.05) is 5.32 Å². The number of aliphatic carboxylic acids is 1. The predicted molar refractivity (Wildman–Crippen MR) is 126 cm³/mol. The fourth-order valence-corrected chi connectivity index (χ4v) is 4.20. The van der Waals surface area contributed by atoms with E-state index in [4.69, 9.17) is 0 Å². The van der Waals surface area contributed by atoms with Gasteiger partial charge >= 0.3 is 5.97 Å². The third kappa shape index (κ3) is 6.66. The highest BCUT2D eigenvalue weighted by Gasteiger charge is 2.30. The summed E-state index contributed by atoms with van der Waals surface area (Å²) in [5.74, 6) is -0.902. The van der Waals surface area contributed by atoms with Crippen LogP contribution < -0.4 is 10.6 Å². The van der Waals surface area contributed by atoms with Crippen LogP contribution in [0.1, 0.15) is 70.9 Å². The molecule has 0 radical (unpaired) electrons. The van der Waals surface area contributed by atoms with E-state index in [-0.39, 0.29) is 17.6 Å². The second kappa shape index (κ2) is 10.6. The average molecular weight is 455 g/mol. The molecule has 2 atom stereocenters. The van der Waals surface area contributed by atoms with Gasteiger partial charge in [-0.1, -0.05) is 83.2 Å². The van der Waals surface area contributed by atoms with Crippen LogP contribution in [0.3, 0.4) is 0 Å². The SMILES string of the molecule is CC(C)(C)C(=O)NC(CC1CCCCC1)C(=O)Nc1cn(C(C(=O)O)c2ccccc2)cn1. The van der Waals surface area contributed by atoms with Gasteiger partial charge in [0.1, 0.15) is 6.04 Å². The minimum atomic E-state index is -1.02. The molecule has 1 aliphatic carbocycles. The fraction of sp³-hybridized carbons (Fsp3) is 0.520. The van der Waals surface area contributed by atoms with Crippen molar-refractivity contribution < 1.29 is 19.5 Å². The maximum absolute atomic E-state index is 13.1. The summed E-state index contributed by atoms with van der Waals surface area (Å²) >= 11 is 0. The van der Waals surface area contributed by atoms with Crippen molar-refractivity contribution in [1.82, 2.24) is 14.9 Å². The van der Waals surface area contributed by atoms with Crippen molar-refractivity contribution in [1.29, 1.82) is 0 Å². The Hall–Kier alpha value is -3.16. The van der Waals surface area contributed by atoms with Crippen LogP contribution in [0, 0.1) is 11.3 Å². The number of aromatic nitrogens is 2. The zero-order valence-corrected chi connectivity index (χ0v) is 19.6. The quantitative estimate of drug-likeness (QED) is 0.558. The number of carboxylic acid groups (broad SMARTS) is 1. The first-order valence-electron chi connectivity index (χ1n) is 11.6. The Morgan fingerprint density at radius 2 is 1.79 bits per heavy atom. The molecule has 178 valence electrons. The summed E-state index contributed by atoms with van der Waals surface area (Å²) in [4.78, 5) is 41.9. The number of carbonyl (C=O) groups is 3. The molecule has 1 aliphatic rings. The summed E-state index contributed by atoms with van der Waals surface area (Å²) in [7, 11) is 0. The normalized spacial score (nSPS) is 16.6. The van der Waals surface area contributed by atoms with Crippen molar-refractivity contribution in [3.8, 4) is 0 Å². The maximum Gasteiger partial charge on any atom is 0.331 e. The van der Waals surface area contributed by atoms with E-state index in [2.05, 4.69) is 15.6 Å². The Bertz CT molecular complexity index is 958. The molecule has 8 nitrogen and oxygen atoms in total. The average Bonchev–Trinajstić information content (AvgIpc) is 3.21. The molecule has 2 aromatic rings. The molecule has 0 aliphatic heterocycles. The van der Waals surface area contributed by atoms with Crippen LogP contribution in [-0.2, 0) is 14.4 Å². The molecule has 1 aromatic heterocycles. The zero-order valence-electron chi connectivity index (χ0n) is 19.6. The van der Waals surface area contributed by atoms with E-state index < -0.39 is 23.5 Å². The molecule has 1 fully saturated rings. The standard InChI is InChI=1S/C25H34N4O4/c1-25(2,3)24(33)27-19(14-17-10-6-4-7-11-17)22(30)28-20-15-29(16-26-20)21(23(31)32)18-12-8-5-9-13-18/h5,8-9,12-13,15-17,19,21H,4,6-7,10-11,14H2,1-3H3,(H,27,33)(H,28,30)(H,31,32). The molecule has 0 saturated heterocycles. The van der Waals surface area contributed by atoms with Crippen LogP contribution in [0.5, 0.6) is 0 Å². The van der Waals surface area contributed by atoms with Gasteiger partial charge in [0, 0.05) is 11.6 Å². The number of benzene rings is 1. The van der Waals surface area contributed by atoms with Gasteiger partial charge in [0.2, 0.25) is 11.8 Å². The topological polar surface area (TPSA) is 113 Å². The molecule has 1 heterocycles. The first kappa shape index (κ1) is 24.5. The van der Waals surface area contributed by atoms with Gasteiger partial charge in [0.15, 0.2) is 11.9 Å². The Morgan fingerprint density at radius 3 is 2.39 bits per heavy atom. The van der Waals surface area contributed by atoms with Crippen LogP contribution >= 0.6 is 0 Å². The third-order valence-electron chi connectivity index (χ3n) is 6.10. The Balaban J connectivity index is 1.75. The molecule has 1 aromatic carbocycles. The second-order valence-corrected chi connectivity index (χ2v) is 9.86. The summed E-state index contributed by atoms with van der Waals surface area (Å²) in [5, 5.41) is 15.4. The van der Waals surface area contributed by atoms with Crippen molar-refractivity contribution in [2.24, 2.45) is 11.3 Å². The number of hydrogen-bond acceptors (Lipinski definition) is 4. The molecule has 33 heavy (non-hydrogen) atoms. The molecule has 8 heteroatoms. The first-order valence-corrected chi connectivity index (χ1v) is 11.6. The highest BCUT2D eigenvalue weighted by Crippen LogP contribution is 2.28. The van der Waals surface area contributed by atoms with Gasteiger partial charge in [-0.3, -0.25) is 9.59 Å². The molecule has 0 spiro atoms. The summed E-state index contributed by atoms with van der Waals surface area (Å²) in [6, 6.07) is 7.22. The van der Waals surface area contributed by atoms with E-state index in [1.807, 2.05) is 26.8 Å². The number of anilines is 1. The van der Waals surface area contributed by atoms with Crippen LogP contribution in [0.2, 0.25) is 0 Å². The van der Waals surface area contributed by atoms with E-state index in [9.17, 15) is 19.5 Å². The number of amides is 2. The molecule has 0 bridgehead atoms. The van der Waals surface area contributed by atoms with Gasteiger partial charge in [0.05, 0.1) is 6.33 Å². The third-order valence-corrected chi connectivity index (χ3v) is 6.10. The number of nitrogens with one attached hydrogen (secondary N) is 2. The molecule has 2 amide bonds. The largest absolute Gasteiger partial charge is 0.479 e. The molecular weight excluding hydrogens is 420 g/mol. The number of nitrogens with zero attached hydrogens (tertiary/aromatic N) is 2. The lowest BCUT2D eigenvalue weighted by atomic mass is 9.84. The summed E-state index contributed by atoms with van der Waals surface area (Å²) in [6.07, 6.45) is 9.10. The highest BCUT2D eigenvalue weighted by atomic mass is 16.4. The van der Waals surface area contributed by atoms with Crippen molar-refractivity contribution in [2.45, 2.75) is 71.4 Å². The van der Waals surface area contributed by atoms with E-state index in [1.54, 1.807) is 24.3 Å². The molecular formula is C25H34N4O4. The molecule has 3 N–H and O–H groups in total. The number of rotatable bonds is 8. The van der Waals surface area contributed by atoms with Crippen LogP contribution in [0.25, 0.3) is 0 Å². The Morgan fingerprint density at radius 1 is 1.12 bits per heavy atom. The highest BCUT2D eigenvalue weighted by molar-refractivity contribution is 5.97. The molecule has 1 saturated carbocycles. The second-order valence-electron chi connectivity index (χ2n) is 9.86. The van der Waals surface area contributed by atoms with Gasteiger partial charge in [-0.15, -0.1) is 0 Å². The smallest absolute Gasteiger partial charge is 0.331 e. The van der Waals surface area contributed by atoms with Crippen molar-refractivity contribution in [3.63, 3.8) is 0 Å². The van der Waals surface area contributed by atoms with Gasteiger partial charge in [-0.25, -0.2) is 9.78 Å². The van der Waals surface area contributed by atoms with Gasteiger partial charge in [-0.05, 0) is 17.9 Å². The maximum atomic E-state index is 13.1. The number of hydrogen-bond donors (Lipinski definition) is 3. The lowest BCUT2D eigenvalue weighted by Gasteiger charge is -2.28. The lowest BCUT2D eigenvalue weighted by molar-refractivity contribution is -0.139. The van der Waals surface area contributed by atoms with Crippen LogP contribution in [-0.4, -0.2) is 38.5 Å². The number of carboxylic acids is 1. The van der Waals surface area contributed by atoms with E-state index in [1.165, 1.54) is 23.5 Å². The Kier molecular flexibility index (Phi) is 7.89. The van der Waals surface area contributed by atoms with Gasteiger partial charge < -0.3 is 20.3 Å². The van der Waals surface area contributed by atoms with Crippen LogP contribution in [0.4, 0.5) is 5.82 Å². The van der Waals surface area contributed by atoms with E-state index in [0.717, 1.165) is 25.7 Å². The zero-order chi connectivity index (χ0) is 24.0. The summed E-state index contributed by atoms with van der Waals surface area (Å²) < 4.78 is 1.46. The molecule has 3 rings (SSSR count).